The number of aryl methyl sites for hydroxylation is 2. The van der Waals surface area contributed by atoms with Crippen molar-refractivity contribution in [3.8, 4) is 0 Å². The Morgan fingerprint density at radius 2 is 2.24 bits per heavy atom. The van der Waals surface area contributed by atoms with Crippen LogP contribution in [0, 0.1) is 6.92 Å². The molecule has 108 valence electrons. The molecule has 0 bridgehead atoms. The maximum absolute atomic E-state index is 6.16. The molecule has 0 spiro atoms. The number of alkyl halides is 1. The first-order valence-corrected chi connectivity index (χ1v) is 8.66. The Morgan fingerprint density at radius 3 is 3.10 bits per heavy atom. The van der Waals surface area contributed by atoms with Crippen LogP contribution in [0.4, 0.5) is 0 Å². The highest BCUT2D eigenvalue weighted by Crippen LogP contribution is 2.38. The minimum atomic E-state index is 0.327. The number of pyridine rings is 1. The highest BCUT2D eigenvalue weighted by Gasteiger charge is 2.26. The van der Waals surface area contributed by atoms with Gasteiger partial charge in [-0.15, -0.1) is 22.9 Å². The summed E-state index contributed by atoms with van der Waals surface area (Å²) in [7, 11) is 0. The van der Waals surface area contributed by atoms with Gasteiger partial charge >= 0.3 is 0 Å². The predicted octanol–water partition coefficient (Wildman–Crippen LogP) is 4.47. The molecule has 3 aromatic rings. The molecule has 1 atom stereocenters. The summed E-state index contributed by atoms with van der Waals surface area (Å²) in [4.78, 5) is 10.9. The van der Waals surface area contributed by atoms with E-state index in [-0.39, 0.29) is 0 Å². The number of halogens is 1. The minimum absolute atomic E-state index is 0.327. The minimum Gasteiger partial charge on any atom is -0.304 e. The van der Waals surface area contributed by atoms with Crippen LogP contribution in [-0.2, 0) is 12.3 Å². The SMILES string of the molecule is Cc1ccc2nc(CCl)n(C3CCCc4sccc43)c2n1. The largest absolute Gasteiger partial charge is 0.304 e. The zero-order valence-electron chi connectivity index (χ0n) is 11.8. The fourth-order valence-electron chi connectivity index (χ4n) is 3.27. The molecule has 4 rings (SSSR count). The number of aromatic nitrogens is 3. The van der Waals surface area contributed by atoms with Gasteiger partial charge in [0.1, 0.15) is 11.3 Å². The smallest absolute Gasteiger partial charge is 0.160 e. The molecule has 3 heterocycles. The molecule has 0 fully saturated rings. The van der Waals surface area contributed by atoms with Crippen LogP contribution < -0.4 is 0 Å². The van der Waals surface area contributed by atoms with Crippen LogP contribution in [0.15, 0.2) is 23.6 Å². The van der Waals surface area contributed by atoms with Crippen LogP contribution in [0.5, 0.6) is 0 Å². The second-order valence-corrected chi connectivity index (χ2v) is 6.80. The Bertz CT molecular complexity index is 805. The summed E-state index contributed by atoms with van der Waals surface area (Å²) < 4.78 is 2.26. The molecule has 0 aliphatic heterocycles. The third-order valence-corrected chi connectivity index (χ3v) is 5.44. The summed E-state index contributed by atoms with van der Waals surface area (Å²) in [5.41, 5.74) is 4.36. The zero-order chi connectivity index (χ0) is 14.4. The Morgan fingerprint density at radius 1 is 1.33 bits per heavy atom. The van der Waals surface area contributed by atoms with Crippen LogP contribution >= 0.6 is 22.9 Å². The fourth-order valence-corrected chi connectivity index (χ4v) is 4.44. The molecule has 0 amide bonds. The lowest BCUT2D eigenvalue weighted by atomic mass is 9.93. The first kappa shape index (κ1) is 13.3. The van der Waals surface area contributed by atoms with E-state index in [1.807, 2.05) is 30.4 Å². The molecule has 0 aromatic carbocycles. The van der Waals surface area contributed by atoms with Crippen LogP contribution in [0.2, 0.25) is 0 Å². The third-order valence-electron chi connectivity index (χ3n) is 4.20. The van der Waals surface area contributed by atoms with Gasteiger partial charge in [-0.25, -0.2) is 9.97 Å². The molecule has 3 nitrogen and oxygen atoms in total. The standard InChI is InChI=1S/C16H16ClN3S/c1-10-5-6-12-16(18-10)20(15(9-17)19-12)13-3-2-4-14-11(13)7-8-21-14/h5-8,13H,2-4,9H2,1H3. The van der Waals surface area contributed by atoms with E-state index in [4.69, 9.17) is 16.6 Å². The van der Waals surface area contributed by atoms with Crippen LogP contribution in [0.3, 0.4) is 0 Å². The van der Waals surface area contributed by atoms with E-state index < -0.39 is 0 Å². The van der Waals surface area contributed by atoms with Crippen molar-refractivity contribution in [1.29, 1.82) is 0 Å². The molecule has 0 saturated carbocycles. The summed E-state index contributed by atoms with van der Waals surface area (Å²) in [6, 6.07) is 6.63. The molecular weight excluding hydrogens is 302 g/mol. The average molecular weight is 318 g/mol. The van der Waals surface area contributed by atoms with Crippen molar-refractivity contribution in [2.45, 2.75) is 38.1 Å². The summed E-state index contributed by atoms with van der Waals surface area (Å²) >= 11 is 8.02. The molecule has 0 radical (unpaired) electrons. The molecule has 1 unspecified atom stereocenters. The number of fused-ring (bicyclic) bond motifs is 2. The van der Waals surface area contributed by atoms with E-state index in [9.17, 15) is 0 Å². The van der Waals surface area contributed by atoms with Crippen molar-refractivity contribution in [2.75, 3.05) is 0 Å². The molecular formula is C16H16ClN3S. The number of nitrogens with zero attached hydrogens (tertiary/aromatic N) is 3. The molecule has 5 heteroatoms. The van der Waals surface area contributed by atoms with Gasteiger partial charge in [0.05, 0.1) is 11.9 Å². The van der Waals surface area contributed by atoms with Gasteiger partial charge in [0.15, 0.2) is 5.65 Å². The van der Waals surface area contributed by atoms with E-state index in [0.717, 1.165) is 29.1 Å². The number of thiophene rings is 1. The fraction of sp³-hybridized carbons (Fsp3) is 0.375. The van der Waals surface area contributed by atoms with Gasteiger partial charge in [0.2, 0.25) is 0 Å². The summed E-state index contributed by atoms with van der Waals surface area (Å²) in [5.74, 6) is 1.35. The van der Waals surface area contributed by atoms with Gasteiger partial charge in [-0.2, -0.15) is 0 Å². The predicted molar refractivity (Wildman–Crippen MR) is 87.2 cm³/mol. The van der Waals surface area contributed by atoms with Crippen molar-refractivity contribution >= 4 is 34.1 Å². The van der Waals surface area contributed by atoms with Crippen molar-refractivity contribution in [3.63, 3.8) is 0 Å². The van der Waals surface area contributed by atoms with E-state index in [2.05, 4.69) is 21.0 Å². The number of rotatable bonds is 2. The topological polar surface area (TPSA) is 30.7 Å². The normalized spacial score (nSPS) is 18.1. The van der Waals surface area contributed by atoms with Gasteiger partial charge in [-0.05, 0) is 55.3 Å². The van der Waals surface area contributed by atoms with Crippen molar-refractivity contribution in [1.82, 2.24) is 14.5 Å². The maximum atomic E-state index is 6.16. The van der Waals surface area contributed by atoms with Gasteiger partial charge in [-0.3, -0.25) is 0 Å². The van der Waals surface area contributed by atoms with E-state index in [0.29, 0.717) is 11.9 Å². The first-order valence-electron chi connectivity index (χ1n) is 7.24. The molecule has 3 aromatic heterocycles. The molecule has 0 N–H and O–H groups in total. The first-order chi connectivity index (χ1) is 10.3. The van der Waals surface area contributed by atoms with E-state index in [1.165, 1.54) is 23.3 Å². The highest BCUT2D eigenvalue weighted by molar-refractivity contribution is 7.10. The average Bonchev–Trinajstić information content (AvgIpc) is 3.10. The number of imidazole rings is 1. The monoisotopic (exact) mass is 317 g/mol. The number of hydrogen-bond donors (Lipinski definition) is 0. The molecule has 0 saturated heterocycles. The summed E-state index contributed by atoms with van der Waals surface area (Å²) in [5, 5.41) is 2.20. The highest BCUT2D eigenvalue weighted by atomic mass is 35.5. The van der Waals surface area contributed by atoms with Gasteiger partial charge in [0.25, 0.3) is 0 Å². The van der Waals surface area contributed by atoms with Gasteiger partial charge < -0.3 is 4.57 Å². The lowest BCUT2D eigenvalue weighted by Crippen LogP contribution is -2.18. The Labute approximate surface area is 132 Å². The van der Waals surface area contributed by atoms with Gasteiger partial charge in [0, 0.05) is 10.6 Å². The maximum Gasteiger partial charge on any atom is 0.160 e. The Kier molecular flexibility index (Phi) is 3.23. The molecule has 1 aliphatic rings. The second-order valence-electron chi connectivity index (χ2n) is 5.53. The molecule has 21 heavy (non-hydrogen) atoms. The Balaban J connectivity index is 1.96. The third kappa shape index (κ3) is 2.09. The Hall–Kier alpha value is -1.39. The molecule has 1 aliphatic carbocycles. The van der Waals surface area contributed by atoms with Crippen LogP contribution in [-0.4, -0.2) is 14.5 Å². The van der Waals surface area contributed by atoms with Crippen molar-refractivity contribution < 1.29 is 0 Å². The van der Waals surface area contributed by atoms with Crippen LogP contribution in [0.1, 0.15) is 40.8 Å². The van der Waals surface area contributed by atoms with E-state index >= 15 is 0 Å². The summed E-state index contributed by atoms with van der Waals surface area (Å²) in [6.07, 6.45) is 3.54. The van der Waals surface area contributed by atoms with Gasteiger partial charge in [-0.1, -0.05) is 0 Å². The summed E-state index contributed by atoms with van der Waals surface area (Å²) in [6.45, 7) is 2.02. The van der Waals surface area contributed by atoms with E-state index in [1.54, 1.807) is 0 Å². The van der Waals surface area contributed by atoms with Crippen LogP contribution in [0.25, 0.3) is 11.2 Å². The quantitative estimate of drug-likeness (QED) is 0.653. The second kappa shape index (κ2) is 5.11. The lowest BCUT2D eigenvalue weighted by molar-refractivity contribution is 0.492. The zero-order valence-corrected chi connectivity index (χ0v) is 13.4. The lowest BCUT2D eigenvalue weighted by Gasteiger charge is -2.25. The van der Waals surface area contributed by atoms with Crippen molar-refractivity contribution in [3.05, 3.63) is 45.5 Å². The van der Waals surface area contributed by atoms with Crippen molar-refractivity contribution in [2.24, 2.45) is 0 Å². The number of hydrogen-bond acceptors (Lipinski definition) is 3.